The van der Waals surface area contributed by atoms with E-state index in [9.17, 15) is 36.4 Å². The van der Waals surface area contributed by atoms with Crippen LogP contribution in [0.3, 0.4) is 0 Å². The van der Waals surface area contributed by atoms with Crippen molar-refractivity contribution in [3.8, 4) is 17.3 Å². The molecule has 2 aromatic heterocycles. The van der Waals surface area contributed by atoms with E-state index in [-0.39, 0.29) is 24.2 Å². The summed E-state index contributed by atoms with van der Waals surface area (Å²) < 4.78 is 75.4. The van der Waals surface area contributed by atoms with Gasteiger partial charge in [-0.25, -0.2) is 18.0 Å². The molecule has 0 atom stereocenters. The van der Waals surface area contributed by atoms with Crippen LogP contribution in [0.2, 0.25) is 0 Å². The molecule has 0 unspecified atom stereocenters. The lowest BCUT2D eigenvalue weighted by Crippen LogP contribution is -2.37. The zero-order valence-electron chi connectivity index (χ0n) is 21.4. The number of hydrogen-bond donors (Lipinski definition) is 1. The molecule has 216 valence electrons. The number of hydrogen-bond acceptors (Lipinski definition) is 5. The molecule has 1 aliphatic heterocycles. The first-order chi connectivity index (χ1) is 19.9. The van der Waals surface area contributed by atoms with Crippen molar-refractivity contribution in [3.63, 3.8) is 0 Å². The zero-order chi connectivity index (χ0) is 30.6. The van der Waals surface area contributed by atoms with Crippen LogP contribution in [0.1, 0.15) is 32.7 Å². The Labute approximate surface area is 234 Å². The van der Waals surface area contributed by atoms with E-state index in [0.717, 1.165) is 23.5 Å². The van der Waals surface area contributed by atoms with E-state index in [4.69, 9.17) is 15.0 Å². The van der Waals surface area contributed by atoms with Crippen LogP contribution in [-0.4, -0.2) is 49.4 Å². The minimum atomic E-state index is -5.08. The smallest absolute Gasteiger partial charge is 0.475 e. The fourth-order valence-corrected chi connectivity index (χ4v) is 4.29. The molecule has 0 fully saturated rings. The predicted molar refractivity (Wildman–Crippen MR) is 134 cm³/mol. The molecule has 4 aromatic rings. The second-order valence-electron chi connectivity index (χ2n) is 8.99. The van der Waals surface area contributed by atoms with Crippen molar-refractivity contribution in [2.45, 2.75) is 25.7 Å². The number of rotatable bonds is 4. The van der Waals surface area contributed by atoms with Crippen molar-refractivity contribution >= 4 is 11.9 Å². The van der Waals surface area contributed by atoms with Crippen molar-refractivity contribution in [1.82, 2.24) is 19.7 Å². The van der Waals surface area contributed by atoms with Crippen LogP contribution in [-0.2, 0) is 24.3 Å². The van der Waals surface area contributed by atoms with E-state index >= 15 is 0 Å². The summed E-state index contributed by atoms with van der Waals surface area (Å²) in [4.78, 5) is 27.2. The molecule has 0 bridgehead atoms. The standard InChI is InChI=1S/C26H18F3N5O.C2HF3O2/c27-19-5-4-18(22(28)11-19)14-34-24-7-9-33(26(35)20-6-8-31-13-23(20)29)15-21(24)25(32-34)17-3-1-2-16(10-17)12-30;3-2(4,5)1(6)7/h1-6,8,10-11,13H,7,9,14-15H2;(H,6,7). The van der Waals surface area contributed by atoms with Gasteiger partial charge >= 0.3 is 12.1 Å². The predicted octanol–water partition coefficient (Wildman–Crippen LogP) is 5.11. The SMILES string of the molecule is N#Cc1cccc(-c2nn(Cc3ccc(F)cc3F)c3c2CN(C(=O)c2ccncc2F)CC3)c1.O=C(O)C(F)(F)F. The van der Waals surface area contributed by atoms with E-state index in [2.05, 4.69) is 11.1 Å². The first kappa shape index (κ1) is 29.8. The number of benzene rings is 2. The molecule has 2 aromatic carbocycles. The molecule has 0 saturated carbocycles. The van der Waals surface area contributed by atoms with Gasteiger partial charge in [0.05, 0.1) is 35.6 Å². The molecular weight excluding hydrogens is 568 g/mol. The average molecular weight is 587 g/mol. The summed E-state index contributed by atoms with van der Waals surface area (Å²) in [6.07, 6.45) is -2.32. The summed E-state index contributed by atoms with van der Waals surface area (Å²) in [6, 6.07) is 13.7. The highest BCUT2D eigenvalue weighted by Crippen LogP contribution is 2.32. The van der Waals surface area contributed by atoms with Crippen LogP contribution < -0.4 is 0 Å². The Hall–Kier alpha value is -5.19. The number of nitriles is 1. The molecule has 1 N–H and O–H groups in total. The van der Waals surface area contributed by atoms with Gasteiger partial charge < -0.3 is 10.0 Å². The van der Waals surface area contributed by atoms with Gasteiger partial charge in [0.15, 0.2) is 5.82 Å². The first-order valence-corrected chi connectivity index (χ1v) is 12.1. The van der Waals surface area contributed by atoms with Gasteiger partial charge in [-0.15, -0.1) is 0 Å². The second kappa shape index (κ2) is 12.1. The number of amides is 1. The third-order valence-electron chi connectivity index (χ3n) is 6.27. The third-order valence-corrected chi connectivity index (χ3v) is 6.27. The van der Waals surface area contributed by atoms with E-state index in [1.807, 2.05) is 0 Å². The van der Waals surface area contributed by atoms with Gasteiger partial charge in [-0.1, -0.05) is 18.2 Å². The van der Waals surface area contributed by atoms with Crippen LogP contribution in [0.5, 0.6) is 0 Å². The zero-order valence-corrected chi connectivity index (χ0v) is 21.4. The van der Waals surface area contributed by atoms with E-state index in [0.29, 0.717) is 29.8 Å². The third kappa shape index (κ3) is 6.57. The molecule has 0 saturated heterocycles. The van der Waals surface area contributed by atoms with Gasteiger partial charge in [-0.3, -0.25) is 14.5 Å². The molecule has 14 heteroatoms. The molecule has 8 nitrogen and oxygen atoms in total. The highest BCUT2D eigenvalue weighted by molar-refractivity contribution is 5.94. The molecular formula is C28H19F6N5O3. The number of nitrogens with zero attached hydrogens (tertiary/aromatic N) is 5. The lowest BCUT2D eigenvalue weighted by atomic mass is 9.99. The molecule has 0 radical (unpaired) electrons. The van der Waals surface area contributed by atoms with Gasteiger partial charge in [0, 0.05) is 54.2 Å². The summed E-state index contributed by atoms with van der Waals surface area (Å²) in [7, 11) is 0. The van der Waals surface area contributed by atoms with Gasteiger partial charge in [0.1, 0.15) is 11.6 Å². The van der Waals surface area contributed by atoms with E-state index < -0.39 is 35.5 Å². The number of aliphatic carboxylic acids is 1. The van der Waals surface area contributed by atoms with Crippen molar-refractivity contribution in [1.29, 1.82) is 5.26 Å². The monoisotopic (exact) mass is 587 g/mol. The number of aromatic nitrogens is 3. The number of carbonyl (C=O) groups is 2. The van der Waals surface area contributed by atoms with E-state index in [1.54, 1.807) is 28.9 Å². The number of alkyl halides is 3. The molecule has 1 aliphatic rings. The van der Waals surface area contributed by atoms with Crippen molar-refractivity contribution < 1.29 is 41.0 Å². The Balaban J connectivity index is 0.000000517. The van der Waals surface area contributed by atoms with Gasteiger partial charge in [-0.05, 0) is 24.3 Å². The number of fused-ring (bicyclic) bond motifs is 1. The molecule has 0 spiro atoms. The number of carbonyl (C=O) groups excluding carboxylic acids is 1. The van der Waals surface area contributed by atoms with Crippen molar-refractivity contribution in [2.75, 3.05) is 6.54 Å². The maximum Gasteiger partial charge on any atom is 0.490 e. The largest absolute Gasteiger partial charge is 0.490 e. The van der Waals surface area contributed by atoms with E-state index in [1.165, 1.54) is 29.3 Å². The van der Waals surface area contributed by atoms with Gasteiger partial charge in [-0.2, -0.15) is 23.5 Å². The maximum absolute atomic E-state index is 14.4. The number of halogens is 6. The summed E-state index contributed by atoms with van der Waals surface area (Å²) >= 11 is 0. The van der Waals surface area contributed by atoms with Gasteiger partial charge in [0.25, 0.3) is 5.91 Å². The highest BCUT2D eigenvalue weighted by Gasteiger charge is 2.38. The Morgan fingerprint density at radius 3 is 2.43 bits per heavy atom. The summed E-state index contributed by atoms with van der Waals surface area (Å²) in [5.41, 5.74) is 3.39. The Morgan fingerprint density at radius 1 is 1.05 bits per heavy atom. The molecule has 3 heterocycles. The summed E-state index contributed by atoms with van der Waals surface area (Å²) in [5, 5.41) is 21.2. The van der Waals surface area contributed by atoms with Crippen LogP contribution >= 0.6 is 0 Å². The minimum absolute atomic E-state index is 0.0688. The highest BCUT2D eigenvalue weighted by atomic mass is 19.4. The molecule has 5 rings (SSSR count). The van der Waals surface area contributed by atoms with Crippen LogP contribution in [0.15, 0.2) is 60.9 Å². The van der Waals surface area contributed by atoms with Crippen LogP contribution in [0, 0.1) is 28.8 Å². The number of pyridine rings is 1. The number of carboxylic acid groups (broad SMARTS) is 1. The topological polar surface area (TPSA) is 112 Å². The fourth-order valence-electron chi connectivity index (χ4n) is 4.29. The quantitative estimate of drug-likeness (QED) is 0.332. The van der Waals surface area contributed by atoms with Crippen molar-refractivity contribution in [2.24, 2.45) is 0 Å². The molecule has 0 aliphatic carbocycles. The Bertz CT molecular complexity index is 1700. The normalized spacial score (nSPS) is 12.5. The van der Waals surface area contributed by atoms with Crippen LogP contribution in [0.25, 0.3) is 11.3 Å². The molecule has 42 heavy (non-hydrogen) atoms. The second-order valence-corrected chi connectivity index (χ2v) is 8.99. The lowest BCUT2D eigenvalue weighted by Gasteiger charge is -2.28. The van der Waals surface area contributed by atoms with Gasteiger partial charge in [0.2, 0.25) is 0 Å². The fraction of sp³-hybridized carbons (Fsp3) is 0.179. The summed E-state index contributed by atoms with van der Waals surface area (Å²) in [6.45, 7) is 0.538. The average Bonchev–Trinajstić information content (AvgIpc) is 3.32. The number of carboxylic acids is 1. The maximum atomic E-state index is 14.4. The van der Waals surface area contributed by atoms with Crippen molar-refractivity contribution in [3.05, 3.63) is 106 Å². The lowest BCUT2D eigenvalue weighted by molar-refractivity contribution is -0.192. The first-order valence-electron chi connectivity index (χ1n) is 12.1. The Kier molecular flexibility index (Phi) is 8.60. The van der Waals surface area contributed by atoms with Crippen LogP contribution in [0.4, 0.5) is 26.3 Å². The summed E-state index contributed by atoms with van der Waals surface area (Å²) in [5.74, 6) is -5.27. The minimum Gasteiger partial charge on any atom is -0.475 e. The Morgan fingerprint density at radius 2 is 1.79 bits per heavy atom. The molecule has 1 amide bonds.